The first kappa shape index (κ1) is 15.5. The van der Waals surface area contributed by atoms with Gasteiger partial charge in [0, 0.05) is 0 Å². The fourth-order valence-electron chi connectivity index (χ4n) is 1.38. The van der Waals surface area contributed by atoms with Gasteiger partial charge in [-0.3, -0.25) is 0 Å². The molecule has 0 atom stereocenters. The molecule has 0 fully saturated rings. The van der Waals surface area contributed by atoms with Gasteiger partial charge in [0.2, 0.25) is 6.33 Å². The molecule has 0 aliphatic rings. The third-order valence-corrected chi connectivity index (χ3v) is 2.60. The molecule has 1 heterocycles. The van der Waals surface area contributed by atoms with Crippen molar-refractivity contribution in [2.75, 3.05) is 0 Å². The molecule has 0 N–H and O–H groups in total. The maximum absolute atomic E-state index is 8.09. The Hall–Kier alpha value is -3.55. The lowest BCUT2D eigenvalue weighted by atomic mass is 9.30. The Labute approximate surface area is 122 Å². The van der Waals surface area contributed by atoms with E-state index in [1.807, 2.05) is 48.5 Å². The number of hydrogen-bond acceptors (Lipinski definition) is 4. The van der Waals surface area contributed by atoms with Crippen molar-refractivity contribution in [2.45, 2.75) is 0 Å². The molecule has 0 bridgehead atoms. The molecule has 0 radical (unpaired) electrons. The standard InChI is InChI=1S/C10H11N2.C4BN4/c1-11-7-8-12(9-11)10-5-3-2-4-6-10;6-1-5(2-7,3-8)4-9/h2-9H,1H3;/q+1;-1. The molecule has 21 heavy (non-hydrogen) atoms. The minimum Gasteiger partial charge on any atom is -0.245 e. The van der Waals surface area contributed by atoms with E-state index in [0.717, 1.165) is 0 Å². The number of benzene rings is 1. The van der Waals surface area contributed by atoms with Gasteiger partial charge in [-0.25, -0.2) is 30.2 Å². The van der Waals surface area contributed by atoms with Crippen LogP contribution in [0.4, 0.5) is 0 Å². The van der Waals surface area contributed by atoms with Crippen LogP contribution in [0.2, 0.25) is 0 Å². The summed E-state index contributed by atoms with van der Waals surface area (Å²) < 4.78 is 4.10. The van der Waals surface area contributed by atoms with Crippen molar-refractivity contribution in [3.63, 3.8) is 0 Å². The van der Waals surface area contributed by atoms with Crippen molar-refractivity contribution >= 4 is 6.15 Å². The Morgan fingerprint density at radius 1 is 0.952 bits per heavy atom. The van der Waals surface area contributed by atoms with Crippen LogP contribution in [-0.4, -0.2) is 10.7 Å². The second-order valence-corrected chi connectivity index (χ2v) is 4.20. The van der Waals surface area contributed by atoms with Crippen molar-refractivity contribution in [3.8, 4) is 29.6 Å². The Kier molecular flexibility index (Phi) is 5.28. The van der Waals surface area contributed by atoms with Crippen molar-refractivity contribution in [1.82, 2.24) is 4.57 Å². The molecule has 7 heteroatoms. The molecule has 0 saturated heterocycles. The van der Waals surface area contributed by atoms with Crippen LogP contribution < -0.4 is 4.57 Å². The summed E-state index contributed by atoms with van der Waals surface area (Å²) in [4.78, 5) is 0. The molecular formula is C14H11BN6. The van der Waals surface area contributed by atoms with Crippen LogP contribution in [0.1, 0.15) is 0 Å². The second kappa shape index (κ2) is 7.14. The number of hydrogen-bond donors (Lipinski definition) is 0. The van der Waals surface area contributed by atoms with Gasteiger partial charge >= 0.3 is 6.15 Å². The molecule has 2 aromatic rings. The third-order valence-electron chi connectivity index (χ3n) is 2.60. The highest BCUT2D eigenvalue weighted by molar-refractivity contribution is 7.05. The van der Waals surface area contributed by atoms with Gasteiger partial charge in [-0.05, 0) is 12.1 Å². The smallest absolute Gasteiger partial charge is 0.245 e. The Balaban J connectivity index is 0.000000222. The van der Waals surface area contributed by atoms with E-state index in [1.54, 1.807) is 0 Å². The normalized spacial score (nSPS) is 9.00. The van der Waals surface area contributed by atoms with Crippen LogP contribution in [0.25, 0.3) is 5.69 Å². The minimum absolute atomic E-state index is 1.19. The van der Waals surface area contributed by atoms with E-state index in [2.05, 4.69) is 16.7 Å². The molecule has 0 aliphatic heterocycles. The highest BCUT2D eigenvalue weighted by Gasteiger charge is 2.22. The summed E-state index contributed by atoms with van der Waals surface area (Å²) in [6.07, 6.45) is 3.37. The van der Waals surface area contributed by atoms with Gasteiger partial charge in [-0.1, -0.05) is 18.2 Å². The first-order chi connectivity index (χ1) is 10.1. The van der Waals surface area contributed by atoms with E-state index < -0.39 is 6.15 Å². The zero-order chi connectivity index (χ0) is 15.7. The third kappa shape index (κ3) is 3.96. The quantitative estimate of drug-likeness (QED) is 0.571. The molecule has 0 saturated carbocycles. The monoisotopic (exact) mass is 274 g/mol. The predicted molar refractivity (Wildman–Crippen MR) is 75.2 cm³/mol. The maximum Gasteiger partial charge on any atom is 0.383 e. The van der Waals surface area contributed by atoms with Gasteiger partial charge in [-0.2, -0.15) is 0 Å². The second-order valence-electron chi connectivity index (χ2n) is 4.20. The molecule has 2 rings (SSSR count). The van der Waals surface area contributed by atoms with E-state index >= 15 is 0 Å². The van der Waals surface area contributed by atoms with Crippen molar-refractivity contribution < 1.29 is 4.57 Å². The lowest BCUT2D eigenvalue weighted by Crippen LogP contribution is -2.26. The lowest BCUT2D eigenvalue weighted by molar-refractivity contribution is -0.670. The number of rotatable bonds is 1. The van der Waals surface area contributed by atoms with Crippen LogP contribution in [0.5, 0.6) is 0 Å². The molecule has 0 aliphatic carbocycles. The summed E-state index contributed by atoms with van der Waals surface area (Å²) in [5.74, 6) is 5.38. The lowest BCUT2D eigenvalue weighted by Gasteiger charge is -1.98. The molecule has 100 valence electrons. The van der Waals surface area contributed by atoms with Crippen LogP contribution in [-0.2, 0) is 7.05 Å². The zero-order valence-electron chi connectivity index (χ0n) is 11.4. The van der Waals surface area contributed by atoms with E-state index in [9.17, 15) is 0 Å². The summed E-state index contributed by atoms with van der Waals surface area (Å²) >= 11 is 0. The average molecular weight is 274 g/mol. The Morgan fingerprint density at radius 2 is 1.48 bits per heavy atom. The van der Waals surface area contributed by atoms with E-state index in [-0.39, 0.29) is 0 Å². The molecule has 6 nitrogen and oxygen atoms in total. The first-order valence-electron chi connectivity index (χ1n) is 6.00. The largest absolute Gasteiger partial charge is 0.383 e. The van der Waals surface area contributed by atoms with Crippen LogP contribution in [0.15, 0.2) is 49.1 Å². The van der Waals surface area contributed by atoms with Crippen LogP contribution >= 0.6 is 0 Å². The number of nitrogens with zero attached hydrogens (tertiary/aromatic N) is 6. The van der Waals surface area contributed by atoms with E-state index in [1.165, 1.54) is 29.6 Å². The summed E-state index contributed by atoms with van der Waals surface area (Å²) in [6.45, 7) is 0. The van der Waals surface area contributed by atoms with Crippen LogP contribution in [0, 0.1) is 44.9 Å². The Bertz CT molecular complexity index is 705. The predicted octanol–water partition coefficient (Wildman–Crippen LogP) is 0.988. The summed E-state index contributed by atoms with van der Waals surface area (Å²) in [5.41, 5.74) is 1.19. The van der Waals surface area contributed by atoms with E-state index in [4.69, 9.17) is 21.0 Å². The van der Waals surface area contributed by atoms with Gasteiger partial charge in [0.15, 0.2) is 0 Å². The molecule has 0 spiro atoms. The van der Waals surface area contributed by atoms with Crippen LogP contribution in [0.3, 0.4) is 0 Å². The molecule has 1 aromatic carbocycles. The van der Waals surface area contributed by atoms with Gasteiger partial charge in [0.25, 0.3) is 0 Å². The molecular weight excluding hydrogens is 263 g/mol. The number of aromatic nitrogens is 2. The minimum atomic E-state index is -2.72. The number of aryl methyl sites for hydroxylation is 1. The van der Waals surface area contributed by atoms with Crippen molar-refractivity contribution in [1.29, 1.82) is 21.0 Å². The van der Waals surface area contributed by atoms with Gasteiger partial charge < -0.3 is 0 Å². The average Bonchev–Trinajstić information content (AvgIpc) is 2.98. The Morgan fingerprint density at radius 3 is 1.81 bits per heavy atom. The van der Waals surface area contributed by atoms with Gasteiger partial charge in [0.1, 0.15) is 18.1 Å². The van der Waals surface area contributed by atoms with Gasteiger partial charge in [0.05, 0.1) is 7.05 Å². The highest BCUT2D eigenvalue weighted by Crippen LogP contribution is 2.03. The summed E-state index contributed by atoms with van der Waals surface area (Å²) in [7, 11) is 2.01. The topological polar surface area (TPSA) is 104 Å². The van der Waals surface area contributed by atoms with Crippen molar-refractivity contribution in [3.05, 3.63) is 49.1 Å². The van der Waals surface area contributed by atoms with Crippen molar-refractivity contribution in [2.24, 2.45) is 7.05 Å². The van der Waals surface area contributed by atoms with E-state index in [0.29, 0.717) is 0 Å². The number of imidazole rings is 1. The molecule has 0 amide bonds. The SMILES string of the molecule is C[n+]1ccn(-c2ccccc2)c1.N#C[B-](C#N)(C#N)C#N. The molecule has 1 aromatic heterocycles. The van der Waals surface area contributed by atoms with Gasteiger partial charge in [-0.15, -0.1) is 23.9 Å². The molecule has 0 unspecified atom stereocenters. The maximum atomic E-state index is 8.09. The summed E-state index contributed by atoms with van der Waals surface area (Å²) in [5, 5.41) is 32.3. The fourth-order valence-corrected chi connectivity index (χ4v) is 1.38. The fraction of sp³-hybridized carbons (Fsp3) is 0.0714. The number of para-hydroxylation sites is 1. The summed E-state index contributed by atoms with van der Waals surface area (Å²) in [6, 6.07) is 10.3. The zero-order valence-corrected chi connectivity index (χ0v) is 11.4. The number of nitriles is 4. The highest BCUT2D eigenvalue weighted by atomic mass is 15.1. The first-order valence-corrected chi connectivity index (χ1v) is 6.00.